The Labute approximate surface area is 190 Å². The number of benzene rings is 1. The van der Waals surface area contributed by atoms with E-state index in [1.54, 1.807) is 35.9 Å². The molecule has 2 aromatic heterocycles. The number of hydrogen-bond acceptors (Lipinski definition) is 7. The van der Waals surface area contributed by atoms with Crippen LogP contribution in [0.1, 0.15) is 45.1 Å². The predicted octanol–water partition coefficient (Wildman–Crippen LogP) is 4.03. The second-order valence-electron chi connectivity index (χ2n) is 7.87. The van der Waals surface area contributed by atoms with Crippen molar-refractivity contribution in [2.75, 3.05) is 28.0 Å². The molecule has 3 rings (SSSR count). The molecule has 9 nitrogen and oxygen atoms in total. The van der Waals surface area contributed by atoms with Crippen molar-refractivity contribution in [3.63, 3.8) is 0 Å². The van der Waals surface area contributed by atoms with E-state index in [-0.39, 0.29) is 10.9 Å². The van der Waals surface area contributed by atoms with Crippen molar-refractivity contribution in [1.29, 1.82) is 0 Å². The summed E-state index contributed by atoms with van der Waals surface area (Å²) in [4.78, 5) is 15.5. The van der Waals surface area contributed by atoms with E-state index in [9.17, 15) is 8.42 Å². The molecular weight excluding hydrogens is 426 g/mol. The number of imidazole rings is 1. The Morgan fingerprint density at radius 2 is 1.66 bits per heavy atom. The highest BCUT2D eigenvalue weighted by atomic mass is 32.2. The largest absolute Gasteiger partial charge is 0.357 e. The van der Waals surface area contributed by atoms with Crippen LogP contribution in [-0.2, 0) is 17.1 Å². The average molecular weight is 458 g/mol. The normalized spacial score (nSPS) is 11.6. The molecule has 2 heterocycles. The molecule has 0 aliphatic carbocycles. The minimum Gasteiger partial charge on any atom is -0.357 e. The van der Waals surface area contributed by atoms with Crippen molar-refractivity contribution < 1.29 is 8.42 Å². The topological polar surface area (TPSA) is 105 Å². The van der Waals surface area contributed by atoms with Gasteiger partial charge in [0.05, 0.1) is 0 Å². The lowest BCUT2D eigenvalue weighted by molar-refractivity contribution is 0.597. The highest BCUT2D eigenvalue weighted by Gasteiger charge is 2.21. The van der Waals surface area contributed by atoms with E-state index in [2.05, 4.69) is 43.7 Å². The smallest absolute Gasteiger partial charge is 0.280 e. The van der Waals surface area contributed by atoms with Gasteiger partial charge in [-0.1, -0.05) is 13.8 Å². The maximum absolute atomic E-state index is 12.7. The van der Waals surface area contributed by atoms with Gasteiger partial charge in [0, 0.05) is 55.4 Å². The molecule has 0 spiro atoms. The molecule has 0 saturated carbocycles. The number of rotatable bonds is 9. The van der Waals surface area contributed by atoms with E-state index in [0.717, 1.165) is 30.3 Å². The summed E-state index contributed by atoms with van der Waals surface area (Å²) < 4.78 is 29.8. The molecule has 32 heavy (non-hydrogen) atoms. The first kappa shape index (κ1) is 23.5. The monoisotopic (exact) mass is 457 g/mol. The Kier molecular flexibility index (Phi) is 7.02. The standard InChI is InChI=1S/C22H31N7O2S/c1-7-29(8-2)19-13-16(5)23-22(25-19)24-17-9-11-18(12-10-17)27-32(30,31)20-14-28(6)21(26-20)15(3)4/h9-15,27H,7-8H2,1-6H3,(H,23,24,25). The molecule has 0 unspecified atom stereocenters. The molecule has 1 aromatic carbocycles. The van der Waals surface area contributed by atoms with Crippen LogP contribution in [0.3, 0.4) is 0 Å². The Bertz CT molecular complexity index is 1170. The van der Waals surface area contributed by atoms with Crippen molar-refractivity contribution in [3.8, 4) is 0 Å². The van der Waals surface area contributed by atoms with Gasteiger partial charge in [-0.3, -0.25) is 4.72 Å². The van der Waals surface area contributed by atoms with Crippen LogP contribution in [0.2, 0.25) is 0 Å². The van der Waals surface area contributed by atoms with Gasteiger partial charge in [0.1, 0.15) is 11.6 Å². The van der Waals surface area contributed by atoms with Crippen LogP contribution in [0.4, 0.5) is 23.1 Å². The Morgan fingerprint density at radius 3 is 2.22 bits per heavy atom. The number of nitrogens with one attached hydrogen (secondary N) is 2. The lowest BCUT2D eigenvalue weighted by Crippen LogP contribution is -2.23. The van der Waals surface area contributed by atoms with Crippen LogP contribution in [0.5, 0.6) is 0 Å². The van der Waals surface area contributed by atoms with Gasteiger partial charge in [-0.05, 0) is 45.0 Å². The van der Waals surface area contributed by atoms with Crippen molar-refractivity contribution in [3.05, 3.63) is 48.0 Å². The highest BCUT2D eigenvalue weighted by Crippen LogP contribution is 2.22. The summed E-state index contributed by atoms with van der Waals surface area (Å²) in [7, 11) is -1.99. The summed E-state index contributed by atoms with van der Waals surface area (Å²) in [5.41, 5.74) is 2.06. The zero-order valence-electron chi connectivity index (χ0n) is 19.4. The fraction of sp³-hybridized carbons (Fsp3) is 0.409. The lowest BCUT2D eigenvalue weighted by Gasteiger charge is -2.20. The molecule has 0 fully saturated rings. The number of nitrogens with zero attached hydrogens (tertiary/aromatic N) is 5. The van der Waals surface area contributed by atoms with Gasteiger partial charge < -0.3 is 14.8 Å². The molecule has 172 valence electrons. The van der Waals surface area contributed by atoms with Crippen molar-refractivity contribution in [2.24, 2.45) is 7.05 Å². The van der Waals surface area contributed by atoms with E-state index >= 15 is 0 Å². The number of sulfonamides is 1. The SMILES string of the molecule is CCN(CC)c1cc(C)nc(Nc2ccc(NS(=O)(=O)c3cn(C)c(C(C)C)n3)cc2)n1. The molecule has 0 atom stereocenters. The summed E-state index contributed by atoms with van der Waals surface area (Å²) >= 11 is 0. The molecule has 0 aliphatic heterocycles. The van der Waals surface area contributed by atoms with Crippen LogP contribution in [-0.4, -0.2) is 41.0 Å². The average Bonchev–Trinajstić information content (AvgIpc) is 3.13. The van der Waals surface area contributed by atoms with Crippen LogP contribution in [0, 0.1) is 6.92 Å². The first-order valence-corrected chi connectivity index (χ1v) is 12.1. The number of aryl methyl sites for hydroxylation is 2. The van der Waals surface area contributed by atoms with E-state index < -0.39 is 10.0 Å². The maximum atomic E-state index is 12.7. The molecule has 0 radical (unpaired) electrons. The quantitative estimate of drug-likeness (QED) is 0.500. The zero-order chi connectivity index (χ0) is 23.5. The van der Waals surface area contributed by atoms with Gasteiger partial charge in [-0.2, -0.15) is 13.4 Å². The third-order valence-corrected chi connectivity index (χ3v) is 6.26. The summed E-state index contributed by atoms with van der Waals surface area (Å²) in [6, 6.07) is 8.89. The van der Waals surface area contributed by atoms with Crippen molar-refractivity contribution in [2.45, 2.75) is 45.6 Å². The highest BCUT2D eigenvalue weighted by molar-refractivity contribution is 7.92. The molecule has 0 saturated heterocycles. The molecule has 0 bridgehead atoms. The van der Waals surface area contributed by atoms with Gasteiger partial charge in [-0.25, -0.2) is 9.97 Å². The molecule has 0 aliphatic rings. The fourth-order valence-corrected chi connectivity index (χ4v) is 4.46. The molecule has 2 N–H and O–H groups in total. The van der Waals surface area contributed by atoms with E-state index in [1.165, 1.54) is 6.20 Å². The van der Waals surface area contributed by atoms with E-state index in [0.29, 0.717) is 17.5 Å². The van der Waals surface area contributed by atoms with E-state index in [1.807, 2.05) is 26.8 Å². The first-order valence-electron chi connectivity index (χ1n) is 10.7. The second kappa shape index (κ2) is 9.56. The lowest BCUT2D eigenvalue weighted by atomic mass is 10.2. The Morgan fingerprint density at radius 1 is 1.03 bits per heavy atom. The summed E-state index contributed by atoms with van der Waals surface area (Å²) in [5, 5.41) is 3.19. The minimum absolute atomic E-state index is 0.00277. The molecular formula is C22H31N7O2S. The molecule has 3 aromatic rings. The predicted molar refractivity (Wildman–Crippen MR) is 128 cm³/mol. The maximum Gasteiger partial charge on any atom is 0.280 e. The van der Waals surface area contributed by atoms with Gasteiger partial charge in [-0.15, -0.1) is 0 Å². The van der Waals surface area contributed by atoms with Crippen LogP contribution < -0.4 is 14.9 Å². The van der Waals surface area contributed by atoms with Crippen molar-refractivity contribution in [1.82, 2.24) is 19.5 Å². The van der Waals surface area contributed by atoms with Crippen LogP contribution in [0.15, 0.2) is 41.6 Å². The Hall–Kier alpha value is -3.14. The fourth-order valence-electron chi connectivity index (χ4n) is 3.39. The number of hydrogen-bond donors (Lipinski definition) is 2. The number of anilines is 4. The first-order chi connectivity index (χ1) is 15.1. The van der Waals surface area contributed by atoms with Gasteiger partial charge in [0.2, 0.25) is 5.95 Å². The summed E-state index contributed by atoms with van der Waals surface area (Å²) in [6.07, 6.45) is 1.52. The van der Waals surface area contributed by atoms with Gasteiger partial charge in [0.15, 0.2) is 5.03 Å². The third kappa shape index (κ3) is 5.37. The van der Waals surface area contributed by atoms with Crippen LogP contribution in [0.25, 0.3) is 0 Å². The van der Waals surface area contributed by atoms with E-state index in [4.69, 9.17) is 0 Å². The number of aromatic nitrogens is 4. The minimum atomic E-state index is -3.78. The van der Waals surface area contributed by atoms with Crippen LogP contribution >= 0.6 is 0 Å². The second-order valence-corrected chi connectivity index (χ2v) is 9.50. The van der Waals surface area contributed by atoms with Crippen molar-refractivity contribution >= 4 is 33.2 Å². The van der Waals surface area contributed by atoms with Gasteiger partial charge >= 0.3 is 0 Å². The summed E-state index contributed by atoms with van der Waals surface area (Å²) in [5.74, 6) is 2.20. The third-order valence-electron chi connectivity index (χ3n) is 5.00. The van der Waals surface area contributed by atoms with Gasteiger partial charge in [0.25, 0.3) is 10.0 Å². The Balaban J connectivity index is 1.75. The molecule has 0 amide bonds. The zero-order valence-corrected chi connectivity index (χ0v) is 20.2. The summed E-state index contributed by atoms with van der Waals surface area (Å²) in [6.45, 7) is 11.8. The molecule has 10 heteroatoms.